The van der Waals surface area contributed by atoms with Crippen molar-refractivity contribution in [2.75, 3.05) is 0 Å². The molecule has 3 nitrogen and oxygen atoms in total. The zero-order chi connectivity index (χ0) is 13.1. The SMILES string of the molecule is CCC(CC1CC1)NC(=O)c1ccc(Cl)cc1O. The van der Waals surface area contributed by atoms with Crippen LogP contribution in [0.4, 0.5) is 0 Å². The summed E-state index contributed by atoms with van der Waals surface area (Å²) in [6.45, 7) is 2.06. The number of hydrogen-bond acceptors (Lipinski definition) is 2. The van der Waals surface area contributed by atoms with Crippen LogP contribution in [0.25, 0.3) is 0 Å². The van der Waals surface area contributed by atoms with Gasteiger partial charge in [0, 0.05) is 11.1 Å². The van der Waals surface area contributed by atoms with Gasteiger partial charge in [0.15, 0.2) is 0 Å². The third-order valence-corrected chi connectivity index (χ3v) is 3.58. The normalized spacial score (nSPS) is 16.3. The lowest BCUT2D eigenvalue weighted by Crippen LogP contribution is -2.34. The summed E-state index contributed by atoms with van der Waals surface area (Å²) >= 11 is 5.74. The highest BCUT2D eigenvalue weighted by Gasteiger charge is 2.26. The van der Waals surface area contributed by atoms with Gasteiger partial charge in [0.05, 0.1) is 5.56 Å². The summed E-state index contributed by atoms with van der Waals surface area (Å²) in [6, 6.07) is 4.74. The second kappa shape index (κ2) is 5.61. The van der Waals surface area contributed by atoms with Gasteiger partial charge >= 0.3 is 0 Å². The molecule has 2 N–H and O–H groups in total. The number of phenols is 1. The van der Waals surface area contributed by atoms with Crippen LogP contribution in [0.2, 0.25) is 5.02 Å². The lowest BCUT2D eigenvalue weighted by molar-refractivity contribution is 0.0930. The summed E-state index contributed by atoms with van der Waals surface area (Å²) in [5, 5.41) is 13.1. The Morgan fingerprint density at radius 1 is 1.56 bits per heavy atom. The zero-order valence-electron chi connectivity index (χ0n) is 10.4. The largest absolute Gasteiger partial charge is 0.507 e. The van der Waals surface area contributed by atoms with E-state index in [9.17, 15) is 9.90 Å². The minimum atomic E-state index is -0.225. The number of carbonyl (C=O) groups excluding carboxylic acids is 1. The van der Waals surface area contributed by atoms with E-state index in [4.69, 9.17) is 11.6 Å². The Hall–Kier alpha value is -1.22. The molecule has 0 aliphatic heterocycles. The van der Waals surface area contributed by atoms with Gasteiger partial charge in [0.2, 0.25) is 0 Å². The molecule has 1 aliphatic rings. The van der Waals surface area contributed by atoms with Gasteiger partial charge in [-0.25, -0.2) is 0 Å². The number of rotatable bonds is 5. The Labute approximate surface area is 112 Å². The first-order valence-corrected chi connectivity index (χ1v) is 6.77. The summed E-state index contributed by atoms with van der Waals surface area (Å²) < 4.78 is 0. The van der Waals surface area contributed by atoms with Crippen molar-refractivity contribution in [2.45, 2.75) is 38.6 Å². The van der Waals surface area contributed by atoms with Gasteiger partial charge in [-0.15, -0.1) is 0 Å². The Kier molecular flexibility index (Phi) is 4.12. The molecule has 4 heteroatoms. The fourth-order valence-electron chi connectivity index (χ4n) is 2.04. The predicted octanol–water partition coefficient (Wildman–Crippen LogP) is 3.35. The maximum atomic E-state index is 12.0. The molecule has 1 fully saturated rings. The van der Waals surface area contributed by atoms with Crippen molar-refractivity contribution in [1.29, 1.82) is 0 Å². The van der Waals surface area contributed by atoms with Gasteiger partial charge in [-0.05, 0) is 37.0 Å². The molecular weight excluding hydrogens is 250 g/mol. The molecule has 1 aliphatic carbocycles. The lowest BCUT2D eigenvalue weighted by atomic mass is 10.1. The van der Waals surface area contributed by atoms with Crippen LogP contribution < -0.4 is 5.32 Å². The van der Waals surface area contributed by atoms with Gasteiger partial charge < -0.3 is 10.4 Å². The first-order chi connectivity index (χ1) is 8.60. The number of halogens is 1. The summed E-state index contributed by atoms with van der Waals surface area (Å²) in [7, 11) is 0. The van der Waals surface area contributed by atoms with Crippen LogP contribution in [0.1, 0.15) is 43.0 Å². The maximum Gasteiger partial charge on any atom is 0.255 e. The molecule has 0 aromatic heterocycles. The van der Waals surface area contributed by atoms with Crippen molar-refractivity contribution in [3.05, 3.63) is 28.8 Å². The molecule has 1 aromatic carbocycles. The van der Waals surface area contributed by atoms with Crippen LogP contribution in [0, 0.1) is 5.92 Å². The predicted molar refractivity (Wildman–Crippen MR) is 72.0 cm³/mol. The number of benzene rings is 1. The van der Waals surface area contributed by atoms with Gasteiger partial charge in [-0.3, -0.25) is 4.79 Å². The van der Waals surface area contributed by atoms with Gasteiger partial charge in [0.1, 0.15) is 5.75 Å². The molecule has 0 spiro atoms. The Morgan fingerprint density at radius 3 is 2.83 bits per heavy atom. The average molecular weight is 268 g/mol. The van der Waals surface area contributed by atoms with E-state index in [1.165, 1.54) is 18.9 Å². The zero-order valence-corrected chi connectivity index (χ0v) is 11.2. The highest BCUT2D eigenvalue weighted by atomic mass is 35.5. The fourth-order valence-corrected chi connectivity index (χ4v) is 2.21. The van der Waals surface area contributed by atoms with Crippen LogP contribution in [0.3, 0.4) is 0 Å². The quantitative estimate of drug-likeness (QED) is 0.859. The van der Waals surface area contributed by atoms with E-state index < -0.39 is 0 Å². The van der Waals surface area contributed by atoms with E-state index in [1.807, 2.05) is 0 Å². The molecule has 0 heterocycles. The smallest absolute Gasteiger partial charge is 0.255 e. The Bertz CT molecular complexity index is 443. The van der Waals surface area contributed by atoms with E-state index in [-0.39, 0.29) is 23.3 Å². The average Bonchev–Trinajstić information content (AvgIpc) is 3.11. The molecule has 1 saturated carbocycles. The Balaban J connectivity index is 2.00. The summed E-state index contributed by atoms with van der Waals surface area (Å²) in [5.41, 5.74) is 0.286. The van der Waals surface area contributed by atoms with Gasteiger partial charge in [-0.2, -0.15) is 0 Å². The minimum absolute atomic E-state index is 0.0683. The summed E-state index contributed by atoms with van der Waals surface area (Å²) in [5.74, 6) is 0.479. The number of phenolic OH excluding ortho intramolecular Hbond substituents is 1. The molecule has 2 rings (SSSR count). The second-order valence-corrected chi connectivity index (χ2v) is 5.36. The van der Waals surface area contributed by atoms with Crippen LogP contribution >= 0.6 is 11.6 Å². The first kappa shape index (κ1) is 13.2. The van der Waals surface area contributed by atoms with Crippen LogP contribution in [-0.4, -0.2) is 17.1 Å². The monoisotopic (exact) mass is 267 g/mol. The van der Waals surface area contributed by atoms with Crippen LogP contribution in [0.5, 0.6) is 5.75 Å². The molecule has 1 aromatic rings. The summed E-state index contributed by atoms with van der Waals surface area (Å²) in [4.78, 5) is 12.0. The molecule has 0 bridgehead atoms. The van der Waals surface area contributed by atoms with Crippen molar-refractivity contribution in [3.63, 3.8) is 0 Å². The molecular formula is C14H18ClNO2. The number of hydrogen-bond donors (Lipinski definition) is 2. The fraction of sp³-hybridized carbons (Fsp3) is 0.500. The molecule has 1 atom stereocenters. The maximum absolute atomic E-state index is 12.0. The summed E-state index contributed by atoms with van der Waals surface area (Å²) in [6.07, 6.45) is 4.50. The minimum Gasteiger partial charge on any atom is -0.507 e. The first-order valence-electron chi connectivity index (χ1n) is 6.39. The number of carbonyl (C=O) groups is 1. The number of amides is 1. The number of nitrogens with one attached hydrogen (secondary N) is 1. The standard InChI is InChI=1S/C14H18ClNO2/c1-2-11(7-9-3-4-9)16-14(18)12-6-5-10(15)8-13(12)17/h5-6,8-9,11,17H,2-4,7H2,1H3,(H,16,18). The van der Waals surface area contributed by atoms with E-state index in [0.29, 0.717) is 5.02 Å². The molecule has 0 radical (unpaired) electrons. The van der Waals surface area contributed by atoms with E-state index in [0.717, 1.165) is 18.8 Å². The topological polar surface area (TPSA) is 49.3 Å². The molecule has 18 heavy (non-hydrogen) atoms. The van der Waals surface area contributed by atoms with Crippen molar-refractivity contribution >= 4 is 17.5 Å². The van der Waals surface area contributed by atoms with Crippen molar-refractivity contribution in [2.24, 2.45) is 5.92 Å². The highest BCUT2D eigenvalue weighted by molar-refractivity contribution is 6.30. The van der Waals surface area contributed by atoms with Gasteiger partial charge in [-0.1, -0.05) is 31.4 Å². The third-order valence-electron chi connectivity index (χ3n) is 3.35. The van der Waals surface area contributed by atoms with E-state index >= 15 is 0 Å². The Morgan fingerprint density at radius 2 is 2.28 bits per heavy atom. The van der Waals surface area contributed by atoms with E-state index in [2.05, 4.69) is 12.2 Å². The van der Waals surface area contributed by atoms with Crippen molar-refractivity contribution in [1.82, 2.24) is 5.32 Å². The molecule has 1 unspecified atom stereocenters. The van der Waals surface area contributed by atoms with Crippen molar-refractivity contribution in [3.8, 4) is 5.75 Å². The number of aromatic hydroxyl groups is 1. The van der Waals surface area contributed by atoms with Crippen LogP contribution in [-0.2, 0) is 0 Å². The third kappa shape index (κ3) is 3.39. The second-order valence-electron chi connectivity index (χ2n) is 4.92. The molecule has 98 valence electrons. The molecule has 0 saturated heterocycles. The van der Waals surface area contributed by atoms with Crippen molar-refractivity contribution < 1.29 is 9.90 Å². The lowest BCUT2D eigenvalue weighted by Gasteiger charge is -2.17. The molecule has 1 amide bonds. The highest BCUT2D eigenvalue weighted by Crippen LogP contribution is 2.34. The van der Waals surface area contributed by atoms with Gasteiger partial charge in [0.25, 0.3) is 5.91 Å². The van der Waals surface area contributed by atoms with Crippen LogP contribution in [0.15, 0.2) is 18.2 Å². The van der Waals surface area contributed by atoms with E-state index in [1.54, 1.807) is 12.1 Å².